The minimum atomic E-state index is -0.717. The lowest BCUT2D eigenvalue weighted by Crippen LogP contribution is -2.29. The van der Waals surface area contributed by atoms with Gasteiger partial charge in [0.15, 0.2) is 0 Å². The van der Waals surface area contributed by atoms with Gasteiger partial charge in [0, 0.05) is 22.5 Å². The normalized spacial score (nSPS) is 10.4. The third-order valence-corrected chi connectivity index (χ3v) is 5.22. The smallest absolute Gasteiger partial charge is 0.314 e. The summed E-state index contributed by atoms with van der Waals surface area (Å²) in [5.41, 5.74) is 6.99. The standard InChI is InChI=1S/C28H24N2O2/c1-19-13-15-25(23(17-19)21-9-5-3-6-10-21)29-27(31)28(32)30-26-16-14-20(2)18-24(26)22-11-7-4-8-12-22/h3-18H,1-2H3,(H,29,31)(H,30,32). The Morgan fingerprint density at radius 1 is 0.531 bits per heavy atom. The largest absolute Gasteiger partial charge is 0.317 e. The summed E-state index contributed by atoms with van der Waals surface area (Å²) in [5, 5.41) is 5.55. The number of carbonyl (C=O) groups is 2. The Hall–Kier alpha value is -4.18. The maximum atomic E-state index is 12.8. The van der Waals surface area contributed by atoms with Crippen LogP contribution in [0.1, 0.15) is 11.1 Å². The molecule has 2 amide bonds. The second-order valence-corrected chi connectivity index (χ2v) is 7.74. The highest BCUT2D eigenvalue weighted by molar-refractivity contribution is 6.44. The molecule has 0 saturated carbocycles. The van der Waals surface area contributed by atoms with Gasteiger partial charge in [-0.1, -0.05) is 83.9 Å². The number of aryl methyl sites for hydroxylation is 2. The number of benzene rings is 4. The lowest BCUT2D eigenvalue weighted by molar-refractivity contribution is -0.132. The molecule has 0 spiro atoms. The van der Waals surface area contributed by atoms with Gasteiger partial charge in [-0.25, -0.2) is 0 Å². The summed E-state index contributed by atoms with van der Waals surface area (Å²) in [4.78, 5) is 25.6. The molecule has 0 atom stereocenters. The van der Waals surface area contributed by atoms with Crippen LogP contribution in [0.5, 0.6) is 0 Å². The number of amides is 2. The number of carbonyl (C=O) groups excluding carboxylic acids is 2. The van der Waals surface area contributed by atoms with Crippen molar-refractivity contribution in [1.29, 1.82) is 0 Å². The maximum Gasteiger partial charge on any atom is 0.314 e. The summed E-state index contributed by atoms with van der Waals surface area (Å²) in [6.45, 7) is 3.99. The molecule has 0 fully saturated rings. The van der Waals surface area contributed by atoms with Gasteiger partial charge in [-0.15, -0.1) is 0 Å². The molecule has 4 heteroatoms. The van der Waals surface area contributed by atoms with E-state index in [0.717, 1.165) is 33.4 Å². The van der Waals surface area contributed by atoms with Gasteiger partial charge < -0.3 is 10.6 Å². The predicted octanol–water partition coefficient (Wildman–Crippen LogP) is 6.21. The first-order valence-corrected chi connectivity index (χ1v) is 10.5. The quantitative estimate of drug-likeness (QED) is 0.385. The second-order valence-electron chi connectivity index (χ2n) is 7.74. The Labute approximate surface area is 187 Å². The van der Waals surface area contributed by atoms with E-state index in [0.29, 0.717) is 11.4 Å². The van der Waals surface area contributed by atoms with Crippen LogP contribution in [0.15, 0.2) is 97.1 Å². The van der Waals surface area contributed by atoms with Gasteiger partial charge in [0.1, 0.15) is 0 Å². The Kier molecular flexibility index (Phi) is 6.13. The van der Waals surface area contributed by atoms with Crippen molar-refractivity contribution in [2.45, 2.75) is 13.8 Å². The molecule has 0 unspecified atom stereocenters. The third-order valence-electron chi connectivity index (χ3n) is 5.22. The van der Waals surface area contributed by atoms with Crippen LogP contribution in [-0.2, 0) is 9.59 Å². The minimum Gasteiger partial charge on any atom is -0.317 e. The summed E-state index contributed by atoms with van der Waals surface area (Å²) in [6.07, 6.45) is 0. The zero-order chi connectivity index (χ0) is 22.5. The van der Waals surface area contributed by atoms with E-state index < -0.39 is 11.8 Å². The Morgan fingerprint density at radius 3 is 1.28 bits per heavy atom. The molecule has 158 valence electrons. The van der Waals surface area contributed by atoms with E-state index in [-0.39, 0.29) is 0 Å². The van der Waals surface area contributed by atoms with Crippen LogP contribution in [0.3, 0.4) is 0 Å². The molecule has 0 aliphatic rings. The average Bonchev–Trinajstić information content (AvgIpc) is 2.82. The van der Waals surface area contributed by atoms with Crippen LogP contribution in [0.2, 0.25) is 0 Å². The first-order valence-electron chi connectivity index (χ1n) is 10.5. The van der Waals surface area contributed by atoms with Gasteiger partial charge in [-0.05, 0) is 49.2 Å². The van der Waals surface area contributed by atoms with Crippen molar-refractivity contribution in [3.8, 4) is 22.3 Å². The maximum absolute atomic E-state index is 12.8. The van der Waals surface area contributed by atoms with Crippen LogP contribution in [0.4, 0.5) is 11.4 Å². The Bertz CT molecular complexity index is 1160. The topological polar surface area (TPSA) is 58.2 Å². The van der Waals surface area contributed by atoms with E-state index in [4.69, 9.17) is 0 Å². The molecule has 4 rings (SSSR count). The van der Waals surface area contributed by atoms with Gasteiger partial charge in [-0.2, -0.15) is 0 Å². The average molecular weight is 421 g/mol. The molecule has 0 radical (unpaired) electrons. The van der Waals surface area contributed by atoms with E-state index >= 15 is 0 Å². The SMILES string of the molecule is Cc1ccc(NC(=O)C(=O)Nc2ccc(C)cc2-c2ccccc2)c(-c2ccccc2)c1. The molecule has 32 heavy (non-hydrogen) atoms. The molecule has 2 N–H and O–H groups in total. The molecular weight excluding hydrogens is 396 g/mol. The highest BCUT2D eigenvalue weighted by atomic mass is 16.2. The van der Waals surface area contributed by atoms with E-state index in [1.807, 2.05) is 111 Å². The highest BCUT2D eigenvalue weighted by Crippen LogP contribution is 2.30. The van der Waals surface area contributed by atoms with Crippen molar-refractivity contribution in [3.05, 3.63) is 108 Å². The molecule has 4 aromatic rings. The first-order chi connectivity index (χ1) is 15.5. The molecule has 0 heterocycles. The van der Waals surface area contributed by atoms with Crippen LogP contribution in [0, 0.1) is 13.8 Å². The highest BCUT2D eigenvalue weighted by Gasteiger charge is 2.18. The van der Waals surface area contributed by atoms with Crippen molar-refractivity contribution in [3.63, 3.8) is 0 Å². The number of anilines is 2. The summed E-state index contributed by atoms with van der Waals surface area (Å²) in [6, 6.07) is 31.0. The molecule has 0 aliphatic carbocycles. The molecule has 4 nitrogen and oxygen atoms in total. The Balaban J connectivity index is 1.58. The van der Waals surface area contributed by atoms with Gasteiger partial charge in [-0.3, -0.25) is 9.59 Å². The fourth-order valence-electron chi connectivity index (χ4n) is 3.61. The number of hydrogen-bond acceptors (Lipinski definition) is 2. The summed E-state index contributed by atoms with van der Waals surface area (Å²) in [5.74, 6) is -1.43. The van der Waals surface area contributed by atoms with Crippen molar-refractivity contribution < 1.29 is 9.59 Å². The fourth-order valence-corrected chi connectivity index (χ4v) is 3.61. The number of rotatable bonds is 4. The van der Waals surface area contributed by atoms with E-state index in [2.05, 4.69) is 10.6 Å². The fraction of sp³-hybridized carbons (Fsp3) is 0.0714. The lowest BCUT2D eigenvalue weighted by atomic mass is 10.0. The van der Waals surface area contributed by atoms with Crippen LogP contribution in [0.25, 0.3) is 22.3 Å². The van der Waals surface area contributed by atoms with E-state index in [1.165, 1.54) is 0 Å². The van der Waals surface area contributed by atoms with Crippen molar-refractivity contribution in [2.75, 3.05) is 10.6 Å². The monoisotopic (exact) mass is 420 g/mol. The minimum absolute atomic E-state index is 0.592. The Morgan fingerprint density at radius 2 is 0.906 bits per heavy atom. The van der Waals surface area contributed by atoms with Crippen molar-refractivity contribution in [1.82, 2.24) is 0 Å². The molecule has 4 aromatic carbocycles. The van der Waals surface area contributed by atoms with Crippen LogP contribution < -0.4 is 10.6 Å². The molecular formula is C28H24N2O2. The van der Waals surface area contributed by atoms with E-state index in [9.17, 15) is 9.59 Å². The predicted molar refractivity (Wildman–Crippen MR) is 130 cm³/mol. The lowest BCUT2D eigenvalue weighted by Gasteiger charge is -2.14. The summed E-state index contributed by atoms with van der Waals surface area (Å²) in [7, 11) is 0. The van der Waals surface area contributed by atoms with Gasteiger partial charge >= 0.3 is 11.8 Å². The zero-order valence-electron chi connectivity index (χ0n) is 18.1. The molecule has 0 saturated heterocycles. The summed E-state index contributed by atoms with van der Waals surface area (Å²) < 4.78 is 0. The van der Waals surface area contributed by atoms with Crippen LogP contribution >= 0.6 is 0 Å². The molecule has 0 aliphatic heterocycles. The zero-order valence-corrected chi connectivity index (χ0v) is 18.1. The van der Waals surface area contributed by atoms with E-state index in [1.54, 1.807) is 0 Å². The molecule has 0 aromatic heterocycles. The number of nitrogens with one attached hydrogen (secondary N) is 2. The molecule has 0 bridgehead atoms. The van der Waals surface area contributed by atoms with Crippen molar-refractivity contribution >= 4 is 23.2 Å². The van der Waals surface area contributed by atoms with Gasteiger partial charge in [0.05, 0.1) is 0 Å². The third kappa shape index (κ3) is 4.76. The van der Waals surface area contributed by atoms with Gasteiger partial charge in [0.2, 0.25) is 0 Å². The second kappa shape index (κ2) is 9.31. The van der Waals surface area contributed by atoms with Gasteiger partial charge in [0.25, 0.3) is 0 Å². The summed E-state index contributed by atoms with van der Waals surface area (Å²) >= 11 is 0. The number of hydrogen-bond donors (Lipinski definition) is 2. The van der Waals surface area contributed by atoms with Crippen LogP contribution in [-0.4, -0.2) is 11.8 Å². The van der Waals surface area contributed by atoms with Crippen molar-refractivity contribution in [2.24, 2.45) is 0 Å². The first kappa shape index (κ1) is 21.1.